The Bertz CT molecular complexity index is 832. The number of nitrogens with zero attached hydrogens (tertiary/aromatic N) is 2. The molecule has 2 heterocycles. The maximum absolute atomic E-state index is 13.3. The van der Waals surface area contributed by atoms with Crippen molar-refractivity contribution in [3.63, 3.8) is 0 Å². The smallest absolute Gasteiger partial charge is 0.324 e. The average Bonchev–Trinajstić information content (AvgIpc) is 3.11. The topological polar surface area (TPSA) is 103 Å². The van der Waals surface area contributed by atoms with E-state index in [0.717, 1.165) is 6.29 Å². The lowest BCUT2D eigenvalue weighted by atomic mass is 10.2. The van der Waals surface area contributed by atoms with Crippen LogP contribution in [0.4, 0.5) is 0 Å². The molecule has 0 aromatic carbocycles. The number of hydrogen-bond donors (Lipinski definition) is 0. The van der Waals surface area contributed by atoms with Gasteiger partial charge in [-0.3, -0.25) is 4.79 Å². The quantitative estimate of drug-likeness (QED) is 0.340. The Balaban J connectivity index is 2.25. The highest BCUT2D eigenvalue weighted by atomic mass is 32.2. The van der Waals surface area contributed by atoms with Crippen LogP contribution in [0.1, 0.15) is 58.6 Å². The average molecular weight is 427 g/mol. The lowest BCUT2D eigenvalue weighted by molar-refractivity contribution is -0.158. The van der Waals surface area contributed by atoms with Crippen molar-refractivity contribution < 1.29 is 27.5 Å². The molecule has 0 saturated carbocycles. The van der Waals surface area contributed by atoms with Crippen molar-refractivity contribution in [1.82, 2.24) is 9.29 Å². The number of esters is 1. The van der Waals surface area contributed by atoms with Crippen molar-refractivity contribution in [2.75, 3.05) is 13.2 Å². The zero-order valence-corrected chi connectivity index (χ0v) is 18.3. The van der Waals surface area contributed by atoms with Crippen LogP contribution in [0.2, 0.25) is 0 Å². The van der Waals surface area contributed by atoms with Gasteiger partial charge in [0.1, 0.15) is 22.8 Å². The van der Waals surface area contributed by atoms with Crippen LogP contribution in [-0.2, 0) is 24.3 Å². The van der Waals surface area contributed by atoms with E-state index in [1.165, 1.54) is 10.4 Å². The standard InChI is InChI=1S/C20H30N2O6S/c1-15-10-11-17(18(21-15)27-14-7-5-6-13-23)29(25,26)22-12-8-9-16(22)19(24)28-20(2,3)4/h10-11,13,16H,5-9,12,14H2,1-4H3/t16-/m0/s1. The van der Waals surface area contributed by atoms with Gasteiger partial charge in [-0.25, -0.2) is 13.4 Å². The Morgan fingerprint density at radius 3 is 2.69 bits per heavy atom. The Labute approximate surface area is 172 Å². The molecule has 1 saturated heterocycles. The van der Waals surface area contributed by atoms with Gasteiger partial charge in [0.05, 0.1) is 6.61 Å². The number of aldehydes is 1. The second kappa shape index (κ2) is 9.67. The van der Waals surface area contributed by atoms with Crippen LogP contribution in [0.15, 0.2) is 17.0 Å². The number of carbonyl (C=O) groups excluding carboxylic acids is 2. The number of ether oxygens (including phenoxy) is 2. The number of hydrogen-bond acceptors (Lipinski definition) is 7. The molecular weight excluding hydrogens is 396 g/mol. The molecule has 1 aromatic heterocycles. The van der Waals surface area contributed by atoms with Gasteiger partial charge in [0.25, 0.3) is 0 Å². The first-order valence-corrected chi connectivity index (χ1v) is 11.3. The van der Waals surface area contributed by atoms with Crippen molar-refractivity contribution in [3.8, 4) is 5.88 Å². The molecule has 1 aromatic rings. The summed E-state index contributed by atoms with van der Waals surface area (Å²) >= 11 is 0. The summed E-state index contributed by atoms with van der Waals surface area (Å²) in [5, 5.41) is 0. The highest BCUT2D eigenvalue weighted by Crippen LogP contribution is 2.32. The van der Waals surface area contributed by atoms with Crippen molar-refractivity contribution in [2.45, 2.75) is 76.3 Å². The summed E-state index contributed by atoms with van der Waals surface area (Å²) in [4.78, 5) is 27.2. The van der Waals surface area contributed by atoms with E-state index in [-0.39, 0.29) is 23.9 Å². The third kappa shape index (κ3) is 6.24. The van der Waals surface area contributed by atoms with Crippen LogP contribution in [-0.4, -0.2) is 54.8 Å². The molecule has 1 atom stereocenters. The fourth-order valence-electron chi connectivity index (χ4n) is 3.08. The number of aryl methyl sites for hydroxylation is 1. The van der Waals surface area contributed by atoms with E-state index >= 15 is 0 Å². The molecule has 0 amide bonds. The van der Waals surface area contributed by atoms with E-state index in [0.29, 0.717) is 37.8 Å². The van der Waals surface area contributed by atoms with Crippen molar-refractivity contribution in [1.29, 1.82) is 0 Å². The Hall–Kier alpha value is -2.00. The van der Waals surface area contributed by atoms with Gasteiger partial charge in [0.15, 0.2) is 0 Å². The Kier molecular flexibility index (Phi) is 7.76. The molecule has 9 heteroatoms. The molecule has 1 aliphatic heterocycles. The van der Waals surface area contributed by atoms with Gasteiger partial charge in [-0.1, -0.05) is 0 Å². The number of unbranched alkanes of at least 4 members (excludes halogenated alkanes) is 2. The largest absolute Gasteiger partial charge is 0.477 e. The maximum atomic E-state index is 13.3. The van der Waals surface area contributed by atoms with E-state index in [1.807, 2.05) is 0 Å². The second-order valence-corrected chi connectivity index (χ2v) is 9.93. The number of rotatable bonds is 9. The molecule has 0 unspecified atom stereocenters. The summed E-state index contributed by atoms with van der Waals surface area (Å²) in [6, 6.07) is 2.20. The highest BCUT2D eigenvalue weighted by Gasteiger charge is 2.42. The molecule has 1 aliphatic rings. The summed E-state index contributed by atoms with van der Waals surface area (Å²) in [6.45, 7) is 7.48. The predicted molar refractivity (Wildman–Crippen MR) is 107 cm³/mol. The van der Waals surface area contributed by atoms with Crippen LogP contribution < -0.4 is 4.74 Å². The molecular formula is C20H30N2O6S. The first-order chi connectivity index (χ1) is 13.6. The summed E-state index contributed by atoms with van der Waals surface area (Å²) in [7, 11) is -3.99. The van der Waals surface area contributed by atoms with Crippen LogP contribution in [0.25, 0.3) is 0 Å². The lowest BCUT2D eigenvalue weighted by Crippen LogP contribution is -2.43. The number of aromatic nitrogens is 1. The second-order valence-electron chi connectivity index (χ2n) is 8.07. The zero-order chi connectivity index (χ0) is 21.7. The first kappa shape index (κ1) is 23.3. The number of sulfonamides is 1. The molecule has 8 nitrogen and oxygen atoms in total. The number of carbonyl (C=O) groups is 2. The molecule has 2 rings (SSSR count). The summed E-state index contributed by atoms with van der Waals surface area (Å²) in [6.07, 6.45) is 3.52. The summed E-state index contributed by atoms with van der Waals surface area (Å²) < 4.78 is 38.9. The molecule has 0 aliphatic carbocycles. The maximum Gasteiger partial charge on any atom is 0.324 e. The van der Waals surface area contributed by atoms with E-state index < -0.39 is 27.6 Å². The van der Waals surface area contributed by atoms with Gasteiger partial charge in [-0.15, -0.1) is 0 Å². The molecule has 0 N–H and O–H groups in total. The minimum atomic E-state index is -3.99. The Morgan fingerprint density at radius 1 is 1.31 bits per heavy atom. The van der Waals surface area contributed by atoms with Gasteiger partial charge in [0.2, 0.25) is 15.9 Å². The van der Waals surface area contributed by atoms with Gasteiger partial charge < -0.3 is 14.3 Å². The first-order valence-electron chi connectivity index (χ1n) is 9.85. The Morgan fingerprint density at radius 2 is 2.03 bits per heavy atom. The summed E-state index contributed by atoms with van der Waals surface area (Å²) in [5.41, 5.74) is -0.0759. The van der Waals surface area contributed by atoms with Gasteiger partial charge in [-0.05, 0) is 65.5 Å². The fraction of sp³-hybridized carbons (Fsp3) is 0.650. The third-order valence-corrected chi connectivity index (χ3v) is 6.31. The van der Waals surface area contributed by atoms with Crippen LogP contribution >= 0.6 is 0 Å². The highest BCUT2D eigenvalue weighted by molar-refractivity contribution is 7.89. The molecule has 0 spiro atoms. The number of pyridine rings is 1. The predicted octanol–water partition coefficient (Wildman–Crippen LogP) is 2.63. The van der Waals surface area contributed by atoms with Gasteiger partial charge in [0, 0.05) is 18.7 Å². The third-order valence-electron chi connectivity index (χ3n) is 4.39. The van der Waals surface area contributed by atoms with Crippen molar-refractivity contribution in [2.24, 2.45) is 0 Å². The zero-order valence-electron chi connectivity index (χ0n) is 17.5. The van der Waals surface area contributed by atoms with E-state index in [4.69, 9.17) is 9.47 Å². The SMILES string of the molecule is Cc1ccc(S(=O)(=O)N2CCC[C@H]2C(=O)OC(C)(C)C)c(OCCCCC=O)n1. The minimum absolute atomic E-state index is 0.0194. The molecule has 1 fully saturated rings. The molecule has 29 heavy (non-hydrogen) atoms. The van der Waals surface area contributed by atoms with Crippen LogP contribution in [0.3, 0.4) is 0 Å². The lowest BCUT2D eigenvalue weighted by Gasteiger charge is -2.27. The minimum Gasteiger partial charge on any atom is -0.477 e. The van der Waals surface area contributed by atoms with Crippen molar-refractivity contribution >= 4 is 22.3 Å². The molecule has 0 bridgehead atoms. The fourth-order valence-corrected chi connectivity index (χ4v) is 4.79. The van der Waals surface area contributed by atoms with Gasteiger partial charge in [-0.2, -0.15) is 4.31 Å². The monoisotopic (exact) mass is 426 g/mol. The van der Waals surface area contributed by atoms with E-state index in [1.54, 1.807) is 33.8 Å². The van der Waals surface area contributed by atoms with Crippen LogP contribution in [0, 0.1) is 6.92 Å². The van der Waals surface area contributed by atoms with Crippen molar-refractivity contribution in [3.05, 3.63) is 17.8 Å². The molecule has 0 radical (unpaired) electrons. The van der Waals surface area contributed by atoms with E-state index in [2.05, 4.69) is 4.98 Å². The van der Waals surface area contributed by atoms with Crippen LogP contribution in [0.5, 0.6) is 5.88 Å². The normalized spacial score (nSPS) is 17.9. The molecule has 162 valence electrons. The van der Waals surface area contributed by atoms with E-state index in [9.17, 15) is 18.0 Å². The summed E-state index contributed by atoms with van der Waals surface area (Å²) in [5.74, 6) is -0.527. The van der Waals surface area contributed by atoms with Gasteiger partial charge >= 0.3 is 5.97 Å².